The summed E-state index contributed by atoms with van der Waals surface area (Å²) in [6.45, 7) is 1.21. The van der Waals surface area contributed by atoms with E-state index in [4.69, 9.17) is 10.4 Å². The van der Waals surface area contributed by atoms with E-state index in [1.807, 2.05) is 48.2 Å². The molecule has 33 heavy (non-hydrogen) atoms. The van der Waals surface area contributed by atoms with Crippen molar-refractivity contribution < 1.29 is 4.79 Å². The number of H-pyrrole nitrogens is 1. The van der Waals surface area contributed by atoms with E-state index >= 15 is 0 Å². The highest BCUT2D eigenvalue weighted by molar-refractivity contribution is 5.95. The van der Waals surface area contributed by atoms with Crippen LogP contribution in [0.5, 0.6) is 0 Å². The van der Waals surface area contributed by atoms with Crippen LogP contribution in [0.15, 0.2) is 29.1 Å². The highest BCUT2D eigenvalue weighted by Gasteiger charge is 2.28. The molecule has 1 aromatic carbocycles. The van der Waals surface area contributed by atoms with Gasteiger partial charge >= 0.3 is 0 Å². The number of piperidine rings is 1. The van der Waals surface area contributed by atoms with E-state index in [2.05, 4.69) is 10.3 Å². The lowest BCUT2D eigenvalue weighted by Gasteiger charge is -2.33. The Labute approximate surface area is 194 Å². The molecule has 2 aromatic rings. The molecule has 1 aliphatic heterocycles. The van der Waals surface area contributed by atoms with Crippen LogP contribution in [0.3, 0.4) is 0 Å². The molecule has 0 bridgehead atoms. The third kappa shape index (κ3) is 5.26. The summed E-state index contributed by atoms with van der Waals surface area (Å²) in [5.74, 6) is 1.06. The fourth-order valence-corrected chi connectivity index (χ4v) is 4.86. The van der Waals surface area contributed by atoms with Crippen LogP contribution in [-0.4, -0.2) is 60.2 Å². The molecule has 2 aliphatic rings. The molecule has 1 amide bonds. The van der Waals surface area contributed by atoms with Crippen molar-refractivity contribution in [3.05, 3.63) is 51.6 Å². The number of hydrogen-bond acceptors (Lipinski definition) is 6. The van der Waals surface area contributed by atoms with Gasteiger partial charge in [-0.1, -0.05) is 25.3 Å². The molecular formula is C25H34N6O2. The zero-order valence-electron chi connectivity index (χ0n) is 19.6. The summed E-state index contributed by atoms with van der Waals surface area (Å²) >= 11 is 0. The Morgan fingerprint density at radius 2 is 2.00 bits per heavy atom. The summed E-state index contributed by atoms with van der Waals surface area (Å²) in [5, 5.41) is 11.1. The molecule has 4 rings (SSSR count). The van der Waals surface area contributed by atoms with Crippen LogP contribution in [0.1, 0.15) is 72.6 Å². The standard InChI is InChI=1S/C25H34N6O2/c1-30(2)20-12-6-8-17(14-20)25(33)31-13-7-9-18(16-31)22-28-23(21(15-26)24(32)29-22)27-19-10-4-3-5-11-19/h6,8,12,14-15,18-19,26H,3-5,7,9-11,13,16H2,1-2H3,(H2,27,28,29,32). The Kier molecular flexibility index (Phi) is 7.11. The number of benzene rings is 1. The van der Waals surface area contributed by atoms with Crippen LogP contribution >= 0.6 is 0 Å². The number of amides is 1. The SMILES string of the molecule is CN(C)c1cccc(C(=O)N2CCCC(c3nc(NC4CCCCC4)c(C=N)c(=O)[nH]3)C2)c1. The van der Waals surface area contributed by atoms with Gasteiger partial charge < -0.3 is 25.5 Å². The van der Waals surface area contributed by atoms with Crippen LogP contribution in [0.25, 0.3) is 0 Å². The number of carbonyl (C=O) groups excluding carboxylic acids is 1. The Morgan fingerprint density at radius 3 is 2.73 bits per heavy atom. The number of nitrogens with zero attached hydrogens (tertiary/aromatic N) is 3. The zero-order valence-corrected chi connectivity index (χ0v) is 19.6. The first-order valence-electron chi connectivity index (χ1n) is 11.9. The van der Waals surface area contributed by atoms with Gasteiger partial charge in [-0.2, -0.15) is 0 Å². The van der Waals surface area contributed by atoms with Gasteiger partial charge in [-0.15, -0.1) is 0 Å². The van der Waals surface area contributed by atoms with Crippen LogP contribution < -0.4 is 15.8 Å². The van der Waals surface area contributed by atoms with Crippen molar-refractivity contribution in [1.29, 1.82) is 5.41 Å². The quantitative estimate of drug-likeness (QED) is 0.583. The monoisotopic (exact) mass is 450 g/mol. The second kappa shape index (κ2) is 10.2. The van der Waals surface area contributed by atoms with Crippen LogP contribution in [0.4, 0.5) is 11.5 Å². The Balaban J connectivity index is 1.55. The largest absolute Gasteiger partial charge is 0.378 e. The summed E-state index contributed by atoms with van der Waals surface area (Å²) in [4.78, 5) is 37.5. The van der Waals surface area contributed by atoms with Crippen molar-refractivity contribution in [3.8, 4) is 0 Å². The average Bonchev–Trinajstić information content (AvgIpc) is 2.84. The predicted octanol–water partition coefficient (Wildman–Crippen LogP) is 3.60. The van der Waals surface area contributed by atoms with E-state index in [0.717, 1.165) is 37.6 Å². The fourth-order valence-electron chi connectivity index (χ4n) is 4.86. The first-order valence-corrected chi connectivity index (χ1v) is 11.9. The van der Waals surface area contributed by atoms with Gasteiger partial charge in [0, 0.05) is 56.6 Å². The van der Waals surface area contributed by atoms with Gasteiger partial charge in [0.15, 0.2) is 0 Å². The molecule has 8 heteroatoms. The second-order valence-corrected chi connectivity index (χ2v) is 9.37. The number of anilines is 2. The number of carbonyl (C=O) groups is 1. The van der Waals surface area contributed by atoms with Crippen LogP contribution in [-0.2, 0) is 0 Å². The third-order valence-electron chi connectivity index (χ3n) is 6.77. The smallest absolute Gasteiger partial charge is 0.261 e. The van der Waals surface area contributed by atoms with Gasteiger partial charge in [0.05, 0.1) is 5.56 Å². The molecule has 3 N–H and O–H groups in total. The number of hydrogen-bond donors (Lipinski definition) is 3. The molecular weight excluding hydrogens is 416 g/mol. The van der Waals surface area contributed by atoms with Crippen molar-refractivity contribution in [2.75, 3.05) is 37.4 Å². The molecule has 2 fully saturated rings. The molecule has 1 aliphatic carbocycles. The van der Waals surface area contributed by atoms with Crippen LogP contribution in [0, 0.1) is 5.41 Å². The summed E-state index contributed by atoms with van der Waals surface area (Å²) in [5.41, 5.74) is 1.63. The van der Waals surface area contributed by atoms with E-state index in [1.54, 1.807) is 0 Å². The summed E-state index contributed by atoms with van der Waals surface area (Å²) in [6, 6.07) is 7.94. The van der Waals surface area contributed by atoms with Crippen molar-refractivity contribution >= 4 is 23.6 Å². The highest BCUT2D eigenvalue weighted by atomic mass is 16.2. The average molecular weight is 451 g/mol. The van der Waals surface area contributed by atoms with Gasteiger partial charge in [0.1, 0.15) is 11.6 Å². The summed E-state index contributed by atoms with van der Waals surface area (Å²) in [7, 11) is 3.92. The fraction of sp³-hybridized carbons (Fsp3) is 0.520. The van der Waals surface area contributed by atoms with Crippen molar-refractivity contribution in [1.82, 2.24) is 14.9 Å². The number of aromatic nitrogens is 2. The van der Waals surface area contributed by atoms with Crippen molar-refractivity contribution in [3.63, 3.8) is 0 Å². The van der Waals surface area contributed by atoms with Crippen molar-refractivity contribution in [2.45, 2.75) is 56.9 Å². The summed E-state index contributed by atoms with van der Waals surface area (Å²) in [6.07, 6.45) is 8.48. The number of likely N-dealkylation sites (tertiary alicyclic amines) is 1. The minimum atomic E-state index is -0.296. The van der Waals surface area contributed by atoms with Gasteiger partial charge in [0.2, 0.25) is 0 Å². The second-order valence-electron chi connectivity index (χ2n) is 9.37. The lowest BCUT2D eigenvalue weighted by atomic mass is 9.95. The molecule has 1 saturated heterocycles. The van der Waals surface area contributed by atoms with Gasteiger partial charge in [-0.3, -0.25) is 9.59 Å². The van der Waals surface area contributed by atoms with E-state index in [-0.39, 0.29) is 29.0 Å². The molecule has 1 atom stereocenters. The molecule has 1 saturated carbocycles. The maximum absolute atomic E-state index is 13.2. The molecule has 1 unspecified atom stereocenters. The Hall–Kier alpha value is -3.16. The number of aromatic amines is 1. The lowest BCUT2D eigenvalue weighted by Crippen LogP contribution is -2.40. The maximum atomic E-state index is 13.2. The Morgan fingerprint density at radius 1 is 1.21 bits per heavy atom. The molecule has 2 heterocycles. The van der Waals surface area contributed by atoms with E-state index in [9.17, 15) is 9.59 Å². The molecule has 1 aromatic heterocycles. The zero-order chi connectivity index (χ0) is 23.4. The minimum Gasteiger partial charge on any atom is -0.378 e. The number of nitrogens with one attached hydrogen (secondary N) is 3. The van der Waals surface area contributed by atoms with E-state index in [1.165, 1.54) is 19.3 Å². The van der Waals surface area contributed by atoms with E-state index in [0.29, 0.717) is 30.3 Å². The van der Waals surface area contributed by atoms with E-state index < -0.39 is 0 Å². The van der Waals surface area contributed by atoms with Crippen molar-refractivity contribution in [2.24, 2.45) is 0 Å². The molecule has 176 valence electrons. The topological polar surface area (TPSA) is 105 Å². The minimum absolute atomic E-state index is 0.00223. The summed E-state index contributed by atoms with van der Waals surface area (Å²) < 4.78 is 0. The third-order valence-corrected chi connectivity index (χ3v) is 6.77. The highest BCUT2D eigenvalue weighted by Crippen LogP contribution is 2.28. The lowest BCUT2D eigenvalue weighted by molar-refractivity contribution is 0.0704. The first kappa shape index (κ1) is 23.0. The maximum Gasteiger partial charge on any atom is 0.261 e. The normalized spacial score (nSPS) is 19.2. The van der Waals surface area contributed by atoms with Gasteiger partial charge in [-0.05, 0) is 43.9 Å². The number of rotatable bonds is 6. The molecule has 0 radical (unpaired) electrons. The van der Waals surface area contributed by atoms with Gasteiger partial charge in [-0.25, -0.2) is 4.98 Å². The first-order chi connectivity index (χ1) is 16.0. The Bertz CT molecular complexity index is 1060. The molecule has 8 nitrogen and oxygen atoms in total. The predicted molar refractivity (Wildman–Crippen MR) is 132 cm³/mol. The van der Waals surface area contributed by atoms with Crippen LogP contribution in [0.2, 0.25) is 0 Å². The van der Waals surface area contributed by atoms with Gasteiger partial charge in [0.25, 0.3) is 11.5 Å². The molecule has 0 spiro atoms.